The molecule has 1 saturated heterocycles. The lowest BCUT2D eigenvalue weighted by Gasteiger charge is -2.37. The predicted octanol–water partition coefficient (Wildman–Crippen LogP) is 3.75. The molecule has 1 N–H and O–H groups in total. The largest absolute Gasteiger partial charge is 0.493 e. The normalized spacial score (nSPS) is 21.8. The number of benzene rings is 2. The fourth-order valence-electron chi connectivity index (χ4n) is 4.60. The zero-order valence-corrected chi connectivity index (χ0v) is 17.7. The summed E-state index contributed by atoms with van der Waals surface area (Å²) in [7, 11) is 3.17. The highest BCUT2D eigenvalue weighted by molar-refractivity contribution is 5.51. The van der Waals surface area contributed by atoms with Gasteiger partial charge in [0.1, 0.15) is 0 Å². The van der Waals surface area contributed by atoms with E-state index < -0.39 is 17.8 Å². The van der Waals surface area contributed by atoms with Crippen LogP contribution in [-0.4, -0.2) is 56.9 Å². The molecule has 0 aromatic heterocycles. The van der Waals surface area contributed by atoms with E-state index in [0.717, 1.165) is 43.2 Å². The minimum absolute atomic E-state index is 0.0620. The van der Waals surface area contributed by atoms with E-state index in [1.165, 1.54) is 12.1 Å². The Morgan fingerprint density at radius 3 is 2.32 bits per heavy atom. The molecule has 1 aliphatic heterocycles. The molecule has 31 heavy (non-hydrogen) atoms. The molecule has 2 atom stereocenters. The molecule has 4 rings (SSSR count). The summed E-state index contributed by atoms with van der Waals surface area (Å²) < 4.78 is 49.7. The molecule has 1 heterocycles. The van der Waals surface area contributed by atoms with Crippen LogP contribution in [0.1, 0.15) is 22.8 Å². The van der Waals surface area contributed by atoms with Crippen molar-refractivity contribution < 1.29 is 27.8 Å². The van der Waals surface area contributed by atoms with Crippen LogP contribution in [-0.2, 0) is 12.6 Å². The van der Waals surface area contributed by atoms with Crippen molar-refractivity contribution >= 4 is 5.69 Å². The van der Waals surface area contributed by atoms with Crippen LogP contribution in [0.2, 0.25) is 0 Å². The van der Waals surface area contributed by atoms with Gasteiger partial charge in [0, 0.05) is 44.3 Å². The van der Waals surface area contributed by atoms with Gasteiger partial charge in [-0.1, -0.05) is 6.07 Å². The van der Waals surface area contributed by atoms with Crippen molar-refractivity contribution in [2.45, 2.75) is 18.7 Å². The van der Waals surface area contributed by atoms with Gasteiger partial charge in [0.2, 0.25) is 0 Å². The molecule has 0 saturated carbocycles. The Hall–Kier alpha value is -2.45. The number of piperazine rings is 1. The van der Waals surface area contributed by atoms with E-state index in [4.69, 9.17) is 9.47 Å². The maximum Gasteiger partial charge on any atom is 0.416 e. The van der Waals surface area contributed by atoms with E-state index in [-0.39, 0.29) is 5.92 Å². The van der Waals surface area contributed by atoms with E-state index in [1.807, 2.05) is 17.0 Å². The van der Waals surface area contributed by atoms with Gasteiger partial charge in [0.25, 0.3) is 0 Å². The summed E-state index contributed by atoms with van der Waals surface area (Å²) in [4.78, 5) is 4.26. The second kappa shape index (κ2) is 8.59. The summed E-state index contributed by atoms with van der Waals surface area (Å²) >= 11 is 0. The lowest BCUT2D eigenvalue weighted by Crippen LogP contribution is -2.48. The predicted molar refractivity (Wildman–Crippen MR) is 112 cm³/mol. The Morgan fingerprint density at radius 2 is 1.68 bits per heavy atom. The van der Waals surface area contributed by atoms with Crippen molar-refractivity contribution in [1.82, 2.24) is 4.90 Å². The summed E-state index contributed by atoms with van der Waals surface area (Å²) in [6.45, 7) is 3.51. The second-order valence-electron chi connectivity index (χ2n) is 8.15. The summed E-state index contributed by atoms with van der Waals surface area (Å²) in [5.74, 6) is 1.33. The molecule has 2 unspecified atom stereocenters. The maximum atomic E-state index is 13.0. The average Bonchev–Trinajstić information content (AvgIpc) is 3.07. The number of anilines is 1. The Morgan fingerprint density at radius 1 is 1.00 bits per heavy atom. The molecular weight excluding hydrogens is 409 g/mol. The third-order valence-electron chi connectivity index (χ3n) is 6.30. The van der Waals surface area contributed by atoms with E-state index >= 15 is 0 Å². The van der Waals surface area contributed by atoms with Gasteiger partial charge in [-0.05, 0) is 47.9 Å². The highest BCUT2D eigenvalue weighted by Crippen LogP contribution is 2.42. The number of nitrogens with zero attached hydrogens (tertiary/aromatic N) is 2. The third-order valence-corrected chi connectivity index (χ3v) is 6.30. The number of fused-ring (bicyclic) bond motifs is 1. The molecule has 0 spiro atoms. The Balaban J connectivity index is 1.37. The van der Waals surface area contributed by atoms with E-state index in [1.54, 1.807) is 20.3 Å². The first-order valence-electron chi connectivity index (χ1n) is 10.4. The van der Waals surface area contributed by atoms with Gasteiger partial charge < -0.3 is 19.5 Å². The summed E-state index contributed by atoms with van der Waals surface area (Å²) in [5, 5.41) is 10.9. The molecule has 0 bridgehead atoms. The first-order chi connectivity index (χ1) is 14.8. The van der Waals surface area contributed by atoms with Crippen LogP contribution in [0.4, 0.5) is 18.9 Å². The van der Waals surface area contributed by atoms with Gasteiger partial charge in [-0.3, -0.25) is 4.90 Å². The minimum Gasteiger partial charge on any atom is -0.493 e. The molecular formula is C23H27F3N2O3. The van der Waals surface area contributed by atoms with Crippen LogP contribution in [0.15, 0.2) is 36.4 Å². The number of alkyl halides is 3. The summed E-state index contributed by atoms with van der Waals surface area (Å²) in [6, 6.07) is 9.28. The molecule has 0 amide bonds. The monoisotopic (exact) mass is 436 g/mol. The molecule has 8 heteroatoms. The van der Waals surface area contributed by atoms with E-state index in [0.29, 0.717) is 30.3 Å². The van der Waals surface area contributed by atoms with Crippen molar-refractivity contribution in [3.8, 4) is 11.5 Å². The summed E-state index contributed by atoms with van der Waals surface area (Å²) in [6.07, 6.45) is -4.15. The van der Waals surface area contributed by atoms with Crippen molar-refractivity contribution in [3.05, 3.63) is 53.1 Å². The first kappa shape index (κ1) is 21.8. The fourth-order valence-corrected chi connectivity index (χ4v) is 4.60. The summed E-state index contributed by atoms with van der Waals surface area (Å²) in [5.41, 5.74) is 1.93. The molecule has 1 fully saturated rings. The average molecular weight is 436 g/mol. The Bertz CT molecular complexity index is 927. The number of rotatable bonds is 5. The number of hydrogen-bond donors (Lipinski definition) is 1. The van der Waals surface area contributed by atoms with Crippen LogP contribution in [0.25, 0.3) is 0 Å². The third kappa shape index (κ3) is 4.45. The minimum atomic E-state index is -4.34. The van der Waals surface area contributed by atoms with Crippen molar-refractivity contribution in [1.29, 1.82) is 0 Å². The van der Waals surface area contributed by atoms with Crippen molar-refractivity contribution in [2.75, 3.05) is 51.8 Å². The van der Waals surface area contributed by atoms with Gasteiger partial charge in [0.15, 0.2) is 11.5 Å². The highest BCUT2D eigenvalue weighted by atomic mass is 19.4. The van der Waals surface area contributed by atoms with Crippen LogP contribution >= 0.6 is 0 Å². The molecule has 2 aliphatic rings. The SMILES string of the molecule is COc1cc2c(cc1OC)C(O)C(CN1CCN(c3cccc(C(F)(F)F)c3)CC1)C2. The highest BCUT2D eigenvalue weighted by Gasteiger charge is 2.35. The van der Waals surface area contributed by atoms with E-state index in [2.05, 4.69) is 4.90 Å². The van der Waals surface area contributed by atoms with Crippen LogP contribution in [0, 0.1) is 5.92 Å². The lowest BCUT2D eigenvalue weighted by atomic mass is 10.0. The number of aliphatic hydroxyl groups excluding tert-OH is 1. The Labute approximate surface area is 180 Å². The van der Waals surface area contributed by atoms with Crippen molar-refractivity contribution in [2.24, 2.45) is 5.92 Å². The smallest absolute Gasteiger partial charge is 0.416 e. The molecule has 5 nitrogen and oxygen atoms in total. The molecule has 168 valence electrons. The maximum absolute atomic E-state index is 13.0. The van der Waals surface area contributed by atoms with Gasteiger partial charge in [-0.2, -0.15) is 13.2 Å². The fraction of sp³-hybridized carbons (Fsp3) is 0.478. The van der Waals surface area contributed by atoms with Crippen LogP contribution in [0.5, 0.6) is 11.5 Å². The van der Waals surface area contributed by atoms with Gasteiger partial charge in [-0.25, -0.2) is 0 Å². The second-order valence-corrected chi connectivity index (χ2v) is 8.15. The number of aliphatic hydroxyl groups is 1. The molecule has 1 aliphatic carbocycles. The standard InChI is InChI=1S/C23H27F3N2O3/c1-30-20-11-15-10-16(22(29)19(15)13-21(20)31-2)14-27-6-8-28(9-7-27)18-5-3-4-17(12-18)23(24,25)26/h3-5,11-13,16,22,29H,6-10,14H2,1-2H3. The quantitative estimate of drug-likeness (QED) is 0.774. The number of hydrogen-bond acceptors (Lipinski definition) is 5. The number of methoxy groups -OCH3 is 2. The van der Waals surface area contributed by atoms with Crippen molar-refractivity contribution in [3.63, 3.8) is 0 Å². The van der Waals surface area contributed by atoms with Crippen LogP contribution < -0.4 is 14.4 Å². The molecule has 0 radical (unpaired) electrons. The molecule has 2 aromatic carbocycles. The molecule has 2 aromatic rings. The van der Waals surface area contributed by atoms with Gasteiger partial charge >= 0.3 is 6.18 Å². The van der Waals surface area contributed by atoms with E-state index in [9.17, 15) is 18.3 Å². The first-order valence-corrected chi connectivity index (χ1v) is 10.4. The zero-order chi connectivity index (χ0) is 22.2. The van der Waals surface area contributed by atoms with Crippen LogP contribution in [0.3, 0.4) is 0 Å². The van der Waals surface area contributed by atoms with Gasteiger partial charge in [-0.15, -0.1) is 0 Å². The zero-order valence-electron chi connectivity index (χ0n) is 17.7. The number of ether oxygens (including phenoxy) is 2. The Kier molecular flexibility index (Phi) is 6.03. The van der Waals surface area contributed by atoms with Gasteiger partial charge in [0.05, 0.1) is 25.9 Å². The lowest BCUT2D eigenvalue weighted by molar-refractivity contribution is -0.137. The topological polar surface area (TPSA) is 45.2 Å². The number of halogens is 3.